The third-order valence-corrected chi connectivity index (χ3v) is 4.38. The Balaban J connectivity index is 2.02. The van der Waals surface area contributed by atoms with Gasteiger partial charge in [0.25, 0.3) is 0 Å². The molecule has 0 saturated heterocycles. The highest BCUT2D eigenvalue weighted by Crippen LogP contribution is 2.24. The summed E-state index contributed by atoms with van der Waals surface area (Å²) in [5, 5.41) is 13.2. The number of aryl methyl sites for hydroxylation is 1. The first-order valence-corrected chi connectivity index (χ1v) is 7.36. The SMILES string of the molecule is CCc1cnc(C(C)NC(C)c2ccc(C(=O)O)o2)s1. The number of nitrogens with one attached hydrogen (secondary N) is 1. The number of hydrogen-bond donors (Lipinski definition) is 2. The second-order valence-electron chi connectivity index (χ2n) is 4.64. The van der Waals surface area contributed by atoms with Gasteiger partial charge in [0.2, 0.25) is 5.76 Å². The van der Waals surface area contributed by atoms with Gasteiger partial charge >= 0.3 is 5.97 Å². The summed E-state index contributed by atoms with van der Waals surface area (Å²) in [7, 11) is 0. The van der Waals surface area contributed by atoms with Crippen molar-refractivity contribution in [2.24, 2.45) is 0 Å². The van der Waals surface area contributed by atoms with Crippen molar-refractivity contribution in [3.05, 3.63) is 39.7 Å². The summed E-state index contributed by atoms with van der Waals surface area (Å²) in [5.41, 5.74) is 0. The van der Waals surface area contributed by atoms with Crippen molar-refractivity contribution in [2.45, 2.75) is 39.3 Å². The van der Waals surface area contributed by atoms with Gasteiger partial charge in [0.1, 0.15) is 10.8 Å². The van der Waals surface area contributed by atoms with Crippen LogP contribution >= 0.6 is 11.3 Å². The molecular formula is C14H18N2O3S. The van der Waals surface area contributed by atoms with Crippen molar-refractivity contribution in [3.63, 3.8) is 0 Å². The number of nitrogens with zero attached hydrogens (tertiary/aromatic N) is 1. The van der Waals surface area contributed by atoms with Crippen molar-refractivity contribution < 1.29 is 14.3 Å². The van der Waals surface area contributed by atoms with Gasteiger partial charge < -0.3 is 9.52 Å². The minimum atomic E-state index is -1.05. The normalized spacial score (nSPS) is 14.2. The van der Waals surface area contributed by atoms with Crippen LogP contribution in [0.1, 0.15) is 59.1 Å². The predicted molar refractivity (Wildman–Crippen MR) is 77.1 cm³/mol. The van der Waals surface area contributed by atoms with E-state index >= 15 is 0 Å². The number of carbonyl (C=O) groups is 1. The van der Waals surface area contributed by atoms with Crippen LogP contribution in [0.5, 0.6) is 0 Å². The van der Waals surface area contributed by atoms with Crippen LogP contribution in [0.3, 0.4) is 0 Å². The summed E-state index contributed by atoms with van der Waals surface area (Å²) in [4.78, 5) is 16.4. The first-order valence-electron chi connectivity index (χ1n) is 6.55. The quantitative estimate of drug-likeness (QED) is 0.854. The van der Waals surface area contributed by atoms with Crippen LogP contribution in [0.4, 0.5) is 0 Å². The van der Waals surface area contributed by atoms with Crippen LogP contribution in [0.25, 0.3) is 0 Å². The van der Waals surface area contributed by atoms with E-state index in [0.29, 0.717) is 5.76 Å². The Labute approximate surface area is 121 Å². The van der Waals surface area contributed by atoms with E-state index in [9.17, 15) is 4.79 Å². The maximum Gasteiger partial charge on any atom is 0.371 e. The summed E-state index contributed by atoms with van der Waals surface area (Å²) in [6.45, 7) is 6.08. The number of carboxylic acid groups (broad SMARTS) is 1. The molecule has 0 fully saturated rings. The molecule has 0 bridgehead atoms. The van der Waals surface area contributed by atoms with Gasteiger partial charge in [-0.1, -0.05) is 6.92 Å². The maximum atomic E-state index is 10.8. The smallest absolute Gasteiger partial charge is 0.371 e. The molecule has 0 saturated carbocycles. The van der Waals surface area contributed by atoms with Crippen LogP contribution in [0, 0.1) is 0 Å². The molecule has 108 valence electrons. The number of aromatic carboxylic acids is 1. The third kappa shape index (κ3) is 3.26. The number of hydrogen-bond acceptors (Lipinski definition) is 5. The largest absolute Gasteiger partial charge is 0.475 e. The molecule has 0 aliphatic rings. The molecule has 2 heterocycles. The second-order valence-corrected chi connectivity index (χ2v) is 5.78. The standard InChI is InChI=1S/C14H18N2O3S/c1-4-10-7-15-13(20-10)9(3)16-8(2)11-5-6-12(19-11)14(17)18/h5-9,16H,4H2,1-3H3,(H,17,18). The molecule has 5 nitrogen and oxygen atoms in total. The van der Waals surface area contributed by atoms with E-state index in [-0.39, 0.29) is 17.8 Å². The molecule has 2 atom stereocenters. The second kappa shape index (κ2) is 6.19. The van der Waals surface area contributed by atoms with Crippen molar-refractivity contribution in [2.75, 3.05) is 0 Å². The van der Waals surface area contributed by atoms with Crippen molar-refractivity contribution in [1.29, 1.82) is 0 Å². The molecule has 0 aliphatic heterocycles. The van der Waals surface area contributed by atoms with Gasteiger partial charge in [-0.2, -0.15) is 0 Å². The number of carboxylic acids is 1. The molecule has 2 rings (SSSR count). The topological polar surface area (TPSA) is 75.4 Å². The van der Waals surface area contributed by atoms with E-state index in [2.05, 4.69) is 17.2 Å². The minimum absolute atomic E-state index is 0.0381. The lowest BCUT2D eigenvalue weighted by Crippen LogP contribution is -2.22. The molecular weight excluding hydrogens is 276 g/mol. The number of rotatable bonds is 6. The molecule has 2 N–H and O–H groups in total. The van der Waals surface area contributed by atoms with Gasteiger partial charge in [-0.3, -0.25) is 5.32 Å². The monoisotopic (exact) mass is 294 g/mol. The van der Waals surface area contributed by atoms with Crippen molar-refractivity contribution >= 4 is 17.3 Å². The Morgan fingerprint density at radius 2 is 2.20 bits per heavy atom. The molecule has 2 aromatic rings. The fraction of sp³-hybridized carbons (Fsp3) is 0.429. The first kappa shape index (κ1) is 14.7. The third-order valence-electron chi connectivity index (χ3n) is 3.05. The van der Waals surface area contributed by atoms with E-state index in [1.54, 1.807) is 17.4 Å². The summed E-state index contributed by atoms with van der Waals surface area (Å²) >= 11 is 1.69. The summed E-state index contributed by atoms with van der Waals surface area (Å²) in [5.74, 6) is -0.477. The van der Waals surface area contributed by atoms with Crippen LogP contribution < -0.4 is 5.32 Å². The van der Waals surface area contributed by atoms with Gasteiger partial charge in [-0.15, -0.1) is 11.3 Å². The number of aromatic nitrogens is 1. The Bertz CT molecular complexity index is 591. The molecule has 0 aromatic carbocycles. The zero-order chi connectivity index (χ0) is 14.7. The predicted octanol–water partition coefficient (Wildman–Crippen LogP) is 3.41. The van der Waals surface area contributed by atoms with Crippen LogP contribution in [0.15, 0.2) is 22.7 Å². The zero-order valence-electron chi connectivity index (χ0n) is 11.7. The average Bonchev–Trinajstić information content (AvgIpc) is 3.07. The van der Waals surface area contributed by atoms with Gasteiger partial charge in [-0.05, 0) is 32.4 Å². The summed E-state index contributed by atoms with van der Waals surface area (Å²) < 4.78 is 5.29. The molecule has 2 aromatic heterocycles. The lowest BCUT2D eigenvalue weighted by Gasteiger charge is -2.16. The highest BCUT2D eigenvalue weighted by molar-refractivity contribution is 7.11. The van der Waals surface area contributed by atoms with E-state index in [1.165, 1.54) is 10.9 Å². The van der Waals surface area contributed by atoms with Gasteiger partial charge in [0.05, 0.1) is 12.1 Å². The maximum absolute atomic E-state index is 10.8. The van der Waals surface area contributed by atoms with Gasteiger partial charge in [0, 0.05) is 11.1 Å². The summed E-state index contributed by atoms with van der Waals surface area (Å²) in [6.07, 6.45) is 2.89. The van der Waals surface area contributed by atoms with Gasteiger partial charge in [0.15, 0.2) is 0 Å². The highest BCUT2D eigenvalue weighted by atomic mass is 32.1. The van der Waals surface area contributed by atoms with Crippen LogP contribution in [-0.2, 0) is 6.42 Å². The van der Waals surface area contributed by atoms with E-state index in [1.807, 2.05) is 20.0 Å². The van der Waals surface area contributed by atoms with Crippen LogP contribution in [0.2, 0.25) is 0 Å². The molecule has 6 heteroatoms. The Kier molecular flexibility index (Phi) is 4.57. The lowest BCUT2D eigenvalue weighted by atomic mass is 10.2. The highest BCUT2D eigenvalue weighted by Gasteiger charge is 2.18. The first-order chi connectivity index (χ1) is 9.51. The molecule has 0 amide bonds. The fourth-order valence-corrected chi connectivity index (χ4v) is 2.78. The molecule has 0 radical (unpaired) electrons. The van der Waals surface area contributed by atoms with Crippen molar-refractivity contribution in [1.82, 2.24) is 10.3 Å². The van der Waals surface area contributed by atoms with Crippen LogP contribution in [-0.4, -0.2) is 16.1 Å². The lowest BCUT2D eigenvalue weighted by molar-refractivity contribution is 0.0659. The molecule has 2 unspecified atom stereocenters. The average molecular weight is 294 g/mol. The number of thiazole rings is 1. The van der Waals surface area contributed by atoms with E-state index < -0.39 is 5.97 Å². The Morgan fingerprint density at radius 3 is 2.75 bits per heavy atom. The molecule has 0 aliphatic carbocycles. The Morgan fingerprint density at radius 1 is 1.45 bits per heavy atom. The summed E-state index contributed by atoms with van der Waals surface area (Å²) in [6, 6.07) is 3.17. The van der Waals surface area contributed by atoms with E-state index in [0.717, 1.165) is 11.4 Å². The Hall–Kier alpha value is -1.66. The minimum Gasteiger partial charge on any atom is -0.475 e. The number of furan rings is 1. The molecule has 0 spiro atoms. The molecule has 20 heavy (non-hydrogen) atoms. The fourth-order valence-electron chi connectivity index (χ4n) is 1.92. The zero-order valence-corrected chi connectivity index (χ0v) is 12.5. The van der Waals surface area contributed by atoms with Crippen molar-refractivity contribution in [3.8, 4) is 0 Å². The van der Waals surface area contributed by atoms with Gasteiger partial charge in [-0.25, -0.2) is 9.78 Å². The van der Waals surface area contributed by atoms with E-state index in [4.69, 9.17) is 9.52 Å².